The zero-order valence-corrected chi connectivity index (χ0v) is 10.3. The molecule has 0 unspecified atom stereocenters. The third-order valence-electron chi connectivity index (χ3n) is 2.89. The summed E-state index contributed by atoms with van der Waals surface area (Å²) in [5.41, 5.74) is 0.890. The maximum atomic E-state index is 6.09. The van der Waals surface area contributed by atoms with Crippen molar-refractivity contribution < 1.29 is 4.74 Å². The van der Waals surface area contributed by atoms with Crippen LogP contribution in [0.4, 0.5) is 5.82 Å². The van der Waals surface area contributed by atoms with Crippen molar-refractivity contribution in [1.82, 2.24) is 4.98 Å². The molecule has 0 aliphatic heterocycles. The van der Waals surface area contributed by atoms with E-state index in [0.717, 1.165) is 16.7 Å². The van der Waals surface area contributed by atoms with Crippen LogP contribution in [-0.2, 0) is 0 Å². The summed E-state index contributed by atoms with van der Waals surface area (Å²) in [6.45, 7) is 0. The van der Waals surface area contributed by atoms with Crippen LogP contribution in [0.1, 0.15) is 12.8 Å². The predicted molar refractivity (Wildman–Crippen MR) is 69.9 cm³/mol. The van der Waals surface area contributed by atoms with Crippen LogP contribution in [0.3, 0.4) is 0 Å². The van der Waals surface area contributed by atoms with Gasteiger partial charge >= 0.3 is 0 Å². The first-order valence-corrected chi connectivity index (χ1v) is 6.05. The third-order valence-corrected chi connectivity index (χ3v) is 3.19. The molecule has 0 atom stereocenters. The number of pyridine rings is 1. The van der Waals surface area contributed by atoms with Crippen LogP contribution in [0.25, 0.3) is 10.9 Å². The predicted octanol–water partition coefficient (Wildman–Crippen LogP) is 3.47. The topological polar surface area (TPSA) is 34.1 Å². The van der Waals surface area contributed by atoms with E-state index in [2.05, 4.69) is 10.3 Å². The van der Waals surface area contributed by atoms with E-state index < -0.39 is 0 Å². The van der Waals surface area contributed by atoms with Gasteiger partial charge in [0.15, 0.2) is 0 Å². The Balaban J connectivity index is 2.02. The summed E-state index contributed by atoms with van der Waals surface area (Å²) < 4.78 is 5.18. The Morgan fingerprint density at radius 2 is 2.18 bits per heavy atom. The number of fused-ring (bicyclic) bond motifs is 1. The Labute approximate surface area is 105 Å². The molecule has 88 valence electrons. The first-order chi connectivity index (χ1) is 8.26. The molecule has 3 rings (SSSR count). The molecule has 2 aromatic rings. The van der Waals surface area contributed by atoms with Crippen molar-refractivity contribution in [2.24, 2.45) is 0 Å². The van der Waals surface area contributed by atoms with Gasteiger partial charge in [-0.25, -0.2) is 4.98 Å². The van der Waals surface area contributed by atoms with Gasteiger partial charge in [-0.3, -0.25) is 0 Å². The van der Waals surface area contributed by atoms with E-state index in [1.165, 1.54) is 12.8 Å². The minimum atomic E-state index is 0.594. The first-order valence-electron chi connectivity index (χ1n) is 5.67. The average Bonchev–Trinajstić information content (AvgIpc) is 3.12. The highest BCUT2D eigenvalue weighted by Crippen LogP contribution is 2.30. The maximum Gasteiger partial charge on any atom is 0.138 e. The molecule has 1 aromatic carbocycles. The molecule has 1 N–H and O–H groups in total. The maximum absolute atomic E-state index is 6.09. The van der Waals surface area contributed by atoms with Gasteiger partial charge in [-0.2, -0.15) is 0 Å². The molecule has 1 aliphatic carbocycles. The van der Waals surface area contributed by atoms with E-state index in [4.69, 9.17) is 16.3 Å². The number of anilines is 1. The fourth-order valence-corrected chi connectivity index (χ4v) is 2.03. The Morgan fingerprint density at radius 3 is 2.88 bits per heavy atom. The number of hydrogen-bond donors (Lipinski definition) is 1. The summed E-state index contributed by atoms with van der Waals surface area (Å²) in [5.74, 6) is 1.60. The summed E-state index contributed by atoms with van der Waals surface area (Å²) >= 11 is 6.09. The number of aromatic nitrogens is 1. The number of halogens is 1. The molecule has 1 fully saturated rings. The van der Waals surface area contributed by atoms with E-state index in [9.17, 15) is 0 Å². The molecule has 0 saturated heterocycles. The van der Waals surface area contributed by atoms with Gasteiger partial charge in [0.1, 0.15) is 11.6 Å². The van der Waals surface area contributed by atoms with Crippen LogP contribution in [0.15, 0.2) is 24.3 Å². The van der Waals surface area contributed by atoms with Crippen molar-refractivity contribution in [1.29, 1.82) is 0 Å². The summed E-state index contributed by atoms with van der Waals surface area (Å²) in [4.78, 5) is 4.54. The third kappa shape index (κ3) is 2.15. The zero-order valence-electron chi connectivity index (χ0n) is 9.53. The fraction of sp³-hybridized carbons (Fsp3) is 0.308. The Bertz CT molecular complexity index is 567. The van der Waals surface area contributed by atoms with Gasteiger partial charge in [0.2, 0.25) is 0 Å². The largest absolute Gasteiger partial charge is 0.495 e. The Morgan fingerprint density at radius 1 is 1.35 bits per heavy atom. The number of rotatable bonds is 3. The number of nitrogens with zero attached hydrogens (tertiary/aromatic N) is 1. The minimum absolute atomic E-state index is 0.594. The van der Waals surface area contributed by atoms with Crippen molar-refractivity contribution in [3.8, 4) is 5.75 Å². The fourth-order valence-electron chi connectivity index (χ4n) is 1.80. The lowest BCUT2D eigenvalue weighted by Crippen LogP contribution is -2.02. The number of methoxy groups -OCH3 is 1. The van der Waals surface area contributed by atoms with Crippen LogP contribution in [0, 0.1) is 0 Å². The summed E-state index contributed by atoms with van der Waals surface area (Å²) in [6.07, 6.45) is 2.48. The number of nitrogens with one attached hydrogen (secondary N) is 1. The van der Waals surface area contributed by atoms with Gasteiger partial charge in [-0.15, -0.1) is 0 Å². The molecular weight excluding hydrogens is 236 g/mol. The van der Waals surface area contributed by atoms with Gasteiger partial charge in [0.25, 0.3) is 0 Å². The molecule has 0 bridgehead atoms. The number of benzene rings is 1. The van der Waals surface area contributed by atoms with E-state index in [0.29, 0.717) is 16.8 Å². The lowest BCUT2D eigenvalue weighted by molar-refractivity contribution is 0.415. The highest BCUT2D eigenvalue weighted by molar-refractivity contribution is 6.32. The second-order valence-corrected chi connectivity index (χ2v) is 4.70. The zero-order chi connectivity index (χ0) is 11.8. The molecule has 0 radical (unpaired) electrons. The van der Waals surface area contributed by atoms with Crippen LogP contribution in [-0.4, -0.2) is 18.1 Å². The van der Waals surface area contributed by atoms with Crippen LogP contribution >= 0.6 is 11.6 Å². The van der Waals surface area contributed by atoms with E-state index in [1.807, 2.05) is 24.3 Å². The quantitative estimate of drug-likeness (QED) is 0.903. The highest BCUT2D eigenvalue weighted by atomic mass is 35.5. The monoisotopic (exact) mass is 248 g/mol. The minimum Gasteiger partial charge on any atom is -0.495 e. The highest BCUT2D eigenvalue weighted by Gasteiger charge is 2.21. The Kier molecular flexibility index (Phi) is 2.56. The Hall–Kier alpha value is -1.48. The molecule has 1 aromatic heterocycles. The molecule has 1 heterocycles. The van der Waals surface area contributed by atoms with Crippen LogP contribution in [0.2, 0.25) is 5.02 Å². The van der Waals surface area contributed by atoms with Crippen molar-refractivity contribution >= 4 is 28.3 Å². The molecular formula is C13H13ClN2O. The lowest BCUT2D eigenvalue weighted by atomic mass is 10.2. The van der Waals surface area contributed by atoms with E-state index in [-0.39, 0.29) is 0 Å². The average molecular weight is 249 g/mol. The normalized spacial score (nSPS) is 14.9. The first kappa shape index (κ1) is 10.7. The standard InChI is InChI=1S/C13H13ClN2O/c1-17-12-6-8-2-5-13(15-9-3-4-9)16-11(8)7-10(12)14/h2,5-7,9H,3-4H2,1H3,(H,15,16). The number of ether oxygens (including phenoxy) is 1. The molecule has 0 spiro atoms. The lowest BCUT2D eigenvalue weighted by Gasteiger charge is -2.07. The van der Waals surface area contributed by atoms with Crippen molar-refractivity contribution in [2.45, 2.75) is 18.9 Å². The number of hydrogen-bond acceptors (Lipinski definition) is 3. The smallest absolute Gasteiger partial charge is 0.138 e. The van der Waals surface area contributed by atoms with Gasteiger partial charge in [-0.05, 0) is 37.1 Å². The van der Waals surface area contributed by atoms with Gasteiger partial charge in [0.05, 0.1) is 17.6 Å². The summed E-state index contributed by atoms with van der Waals surface area (Å²) in [5, 5.41) is 5.00. The molecule has 17 heavy (non-hydrogen) atoms. The molecule has 3 nitrogen and oxygen atoms in total. The molecule has 1 saturated carbocycles. The second kappa shape index (κ2) is 4.08. The van der Waals surface area contributed by atoms with Crippen molar-refractivity contribution in [3.63, 3.8) is 0 Å². The SMILES string of the molecule is COc1cc2ccc(NC3CC3)nc2cc1Cl. The van der Waals surface area contributed by atoms with E-state index >= 15 is 0 Å². The van der Waals surface area contributed by atoms with Crippen LogP contribution < -0.4 is 10.1 Å². The van der Waals surface area contributed by atoms with Gasteiger partial charge < -0.3 is 10.1 Å². The van der Waals surface area contributed by atoms with Gasteiger partial charge in [-0.1, -0.05) is 11.6 Å². The van der Waals surface area contributed by atoms with E-state index in [1.54, 1.807) is 7.11 Å². The second-order valence-electron chi connectivity index (χ2n) is 4.29. The summed E-state index contributed by atoms with van der Waals surface area (Å²) in [6, 6.07) is 8.38. The molecule has 0 amide bonds. The molecule has 4 heteroatoms. The van der Waals surface area contributed by atoms with Crippen molar-refractivity contribution in [2.75, 3.05) is 12.4 Å². The summed E-state index contributed by atoms with van der Waals surface area (Å²) in [7, 11) is 1.61. The molecule has 1 aliphatic rings. The van der Waals surface area contributed by atoms with Crippen molar-refractivity contribution in [3.05, 3.63) is 29.3 Å². The van der Waals surface area contributed by atoms with Gasteiger partial charge in [0, 0.05) is 11.4 Å². The van der Waals surface area contributed by atoms with Crippen LogP contribution in [0.5, 0.6) is 5.75 Å².